The maximum atomic E-state index is 13.7. The summed E-state index contributed by atoms with van der Waals surface area (Å²) in [6.45, 7) is 1.30. The molecule has 2 N–H and O–H groups in total. The molecular weight excluding hydrogens is 289 g/mol. The zero-order valence-electron chi connectivity index (χ0n) is 10.5. The summed E-state index contributed by atoms with van der Waals surface area (Å²) in [5.74, 6) is -1.13. The third kappa shape index (κ3) is 3.30. The van der Waals surface area contributed by atoms with Crippen LogP contribution in [0.15, 0.2) is 23.1 Å². The SMILES string of the molecule is O=[N+]([O-])c1ccc(S(=O)(=O)N[C@H]2CCCNC2)c(F)c1. The highest BCUT2D eigenvalue weighted by Gasteiger charge is 2.25. The van der Waals surface area contributed by atoms with E-state index in [0.717, 1.165) is 25.1 Å². The minimum absolute atomic E-state index is 0.302. The molecule has 110 valence electrons. The normalized spacial score (nSPS) is 19.8. The minimum atomic E-state index is -4.02. The van der Waals surface area contributed by atoms with E-state index in [1.807, 2.05) is 0 Å². The quantitative estimate of drug-likeness (QED) is 0.632. The van der Waals surface area contributed by atoms with E-state index in [1.165, 1.54) is 0 Å². The smallest absolute Gasteiger partial charge is 0.272 e. The van der Waals surface area contributed by atoms with Crippen molar-refractivity contribution in [3.05, 3.63) is 34.1 Å². The van der Waals surface area contributed by atoms with Gasteiger partial charge in [0.05, 0.1) is 11.0 Å². The van der Waals surface area contributed by atoms with E-state index in [-0.39, 0.29) is 6.04 Å². The van der Waals surface area contributed by atoms with Crippen molar-refractivity contribution in [3.8, 4) is 0 Å². The number of hydrogen-bond donors (Lipinski definition) is 2. The molecule has 0 amide bonds. The van der Waals surface area contributed by atoms with Gasteiger partial charge in [0.1, 0.15) is 10.7 Å². The van der Waals surface area contributed by atoms with Gasteiger partial charge in [-0.1, -0.05) is 0 Å². The molecule has 9 heteroatoms. The summed E-state index contributed by atoms with van der Waals surface area (Å²) >= 11 is 0. The van der Waals surface area contributed by atoms with E-state index in [0.29, 0.717) is 19.0 Å². The standard InChI is InChI=1S/C11H14FN3O4S/c12-10-6-9(15(16)17)3-4-11(10)20(18,19)14-8-2-1-5-13-7-8/h3-4,6,8,13-14H,1-2,5,7H2/t8-/m0/s1. The molecule has 1 aliphatic heterocycles. The molecule has 1 aliphatic rings. The highest BCUT2D eigenvalue weighted by atomic mass is 32.2. The molecule has 0 saturated carbocycles. The molecular formula is C11H14FN3O4S. The number of hydrogen-bond acceptors (Lipinski definition) is 5. The number of nitro groups is 1. The molecule has 0 radical (unpaired) electrons. The molecule has 1 atom stereocenters. The van der Waals surface area contributed by atoms with Gasteiger partial charge in [-0.2, -0.15) is 0 Å². The Balaban J connectivity index is 2.22. The number of piperidine rings is 1. The van der Waals surface area contributed by atoms with Crippen LogP contribution < -0.4 is 10.0 Å². The lowest BCUT2D eigenvalue weighted by molar-refractivity contribution is -0.385. The highest BCUT2D eigenvalue weighted by molar-refractivity contribution is 7.89. The number of nitrogens with one attached hydrogen (secondary N) is 2. The van der Waals surface area contributed by atoms with Gasteiger partial charge in [0.25, 0.3) is 5.69 Å². The van der Waals surface area contributed by atoms with Gasteiger partial charge in [-0.05, 0) is 25.5 Å². The molecule has 0 spiro atoms. The predicted molar refractivity (Wildman–Crippen MR) is 69.3 cm³/mol. The Morgan fingerprint density at radius 3 is 2.75 bits per heavy atom. The molecule has 0 bridgehead atoms. The third-order valence-corrected chi connectivity index (χ3v) is 4.59. The zero-order valence-corrected chi connectivity index (χ0v) is 11.3. The minimum Gasteiger partial charge on any atom is -0.315 e. The van der Waals surface area contributed by atoms with E-state index in [1.54, 1.807) is 0 Å². The second-order valence-corrected chi connectivity index (χ2v) is 6.22. The summed E-state index contributed by atoms with van der Waals surface area (Å²) in [7, 11) is -4.02. The number of nitrogens with zero attached hydrogens (tertiary/aromatic N) is 1. The summed E-state index contributed by atoms with van der Waals surface area (Å²) in [5, 5.41) is 13.5. The van der Waals surface area contributed by atoms with Crippen molar-refractivity contribution < 1.29 is 17.7 Å². The lowest BCUT2D eigenvalue weighted by Gasteiger charge is -2.23. The Morgan fingerprint density at radius 2 is 2.20 bits per heavy atom. The molecule has 7 nitrogen and oxygen atoms in total. The molecule has 0 aromatic heterocycles. The summed E-state index contributed by atoms with van der Waals surface area (Å²) in [4.78, 5) is 9.14. The summed E-state index contributed by atoms with van der Waals surface area (Å²) < 4.78 is 40.2. The average Bonchev–Trinajstić information content (AvgIpc) is 2.38. The largest absolute Gasteiger partial charge is 0.315 e. The first-order chi connectivity index (χ1) is 9.40. The van der Waals surface area contributed by atoms with Crippen molar-refractivity contribution in [1.82, 2.24) is 10.0 Å². The molecule has 1 aromatic rings. The van der Waals surface area contributed by atoms with Crippen LogP contribution in [0.1, 0.15) is 12.8 Å². The van der Waals surface area contributed by atoms with E-state index in [4.69, 9.17) is 0 Å². The maximum absolute atomic E-state index is 13.7. The van der Waals surface area contributed by atoms with Crippen molar-refractivity contribution >= 4 is 15.7 Å². The topological polar surface area (TPSA) is 101 Å². The Labute approximate surface area is 115 Å². The van der Waals surface area contributed by atoms with Crippen molar-refractivity contribution in [2.75, 3.05) is 13.1 Å². The monoisotopic (exact) mass is 303 g/mol. The van der Waals surface area contributed by atoms with Crippen LogP contribution in [0.5, 0.6) is 0 Å². The van der Waals surface area contributed by atoms with Crippen LogP contribution in [-0.4, -0.2) is 32.5 Å². The van der Waals surface area contributed by atoms with E-state index in [2.05, 4.69) is 10.0 Å². The summed E-state index contributed by atoms with van der Waals surface area (Å²) in [5.41, 5.74) is -0.485. The van der Waals surface area contributed by atoms with Gasteiger partial charge in [0, 0.05) is 18.7 Å². The molecule has 2 rings (SSSR count). The second-order valence-electron chi connectivity index (χ2n) is 4.54. The summed E-state index contributed by atoms with van der Waals surface area (Å²) in [6, 6.07) is 2.18. The fourth-order valence-electron chi connectivity index (χ4n) is 2.06. The number of halogens is 1. The van der Waals surface area contributed by atoms with Gasteiger partial charge in [-0.3, -0.25) is 10.1 Å². The van der Waals surface area contributed by atoms with Crippen molar-refractivity contribution in [1.29, 1.82) is 0 Å². The number of sulfonamides is 1. The summed E-state index contributed by atoms with van der Waals surface area (Å²) in [6.07, 6.45) is 1.50. The van der Waals surface area contributed by atoms with E-state index in [9.17, 15) is 22.9 Å². The second kappa shape index (κ2) is 5.81. The number of non-ortho nitro benzene ring substituents is 1. The molecule has 20 heavy (non-hydrogen) atoms. The molecule has 0 unspecified atom stereocenters. The van der Waals surface area contributed by atoms with E-state index < -0.39 is 31.3 Å². The van der Waals surface area contributed by atoms with Crippen LogP contribution in [0.3, 0.4) is 0 Å². The van der Waals surface area contributed by atoms with Gasteiger partial charge >= 0.3 is 0 Å². The average molecular weight is 303 g/mol. The third-order valence-electron chi connectivity index (χ3n) is 3.03. The molecule has 0 aliphatic carbocycles. The number of nitro benzene ring substituents is 1. The molecule has 1 saturated heterocycles. The first kappa shape index (κ1) is 14.8. The zero-order chi connectivity index (χ0) is 14.8. The van der Waals surface area contributed by atoms with Crippen molar-refractivity contribution in [3.63, 3.8) is 0 Å². The van der Waals surface area contributed by atoms with Gasteiger partial charge in [-0.25, -0.2) is 17.5 Å². The van der Waals surface area contributed by atoms with E-state index >= 15 is 0 Å². The Bertz CT molecular complexity index is 614. The Kier molecular flexibility index (Phi) is 4.31. The van der Waals surface area contributed by atoms with Crippen molar-refractivity contribution in [2.24, 2.45) is 0 Å². The molecule has 1 aromatic carbocycles. The Morgan fingerprint density at radius 1 is 1.45 bits per heavy atom. The Hall–Kier alpha value is -1.58. The maximum Gasteiger partial charge on any atom is 0.272 e. The fourth-order valence-corrected chi connectivity index (χ4v) is 3.39. The van der Waals surface area contributed by atoms with Crippen LogP contribution in [0.4, 0.5) is 10.1 Å². The van der Waals surface area contributed by atoms with Gasteiger partial charge in [0.15, 0.2) is 0 Å². The molecule has 1 fully saturated rings. The number of rotatable bonds is 4. The van der Waals surface area contributed by atoms with Crippen molar-refractivity contribution in [2.45, 2.75) is 23.8 Å². The highest BCUT2D eigenvalue weighted by Crippen LogP contribution is 2.21. The van der Waals surface area contributed by atoms with Crippen LogP contribution in [0.25, 0.3) is 0 Å². The predicted octanol–water partition coefficient (Wildman–Crippen LogP) is 0.764. The van der Waals surface area contributed by atoms with Gasteiger partial charge in [0.2, 0.25) is 10.0 Å². The van der Waals surface area contributed by atoms with Crippen LogP contribution in [0, 0.1) is 15.9 Å². The molecule has 1 heterocycles. The fraction of sp³-hybridized carbons (Fsp3) is 0.455. The lowest BCUT2D eigenvalue weighted by Crippen LogP contribution is -2.45. The first-order valence-corrected chi connectivity index (χ1v) is 7.55. The van der Waals surface area contributed by atoms with Gasteiger partial charge < -0.3 is 5.32 Å². The van der Waals surface area contributed by atoms with Gasteiger partial charge in [-0.15, -0.1) is 0 Å². The first-order valence-electron chi connectivity index (χ1n) is 6.07. The lowest BCUT2D eigenvalue weighted by atomic mass is 10.1. The van der Waals surface area contributed by atoms with Crippen LogP contribution >= 0.6 is 0 Å². The van der Waals surface area contributed by atoms with Crippen LogP contribution in [-0.2, 0) is 10.0 Å². The van der Waals surface area contributed by atoms with Crippen LogP contribution in [0.2, 0.25) is 0 Å². The number of benzene rings is 1.